The number of hydrogen-bond donors (Lipinski definition) is 2. The number of nitrogens with one attached hydrogen (secondary N) is 2. The van der Waals surface area contributed by atoms with Gasteiger partial charge in [-0.25, -0.2) is 0 Å². The summed E-state index contributed by atoms with van der Waals surface area (Å²) < 4.78 is 21.8. The van der Waals surface area contributed by atoms with E-state index in [-0.39, 0.29) is 0 Å². The summed E-state index contributed by atoms with van der Waals surface area (Å²) in [4.78, 5) is 4.32. The fraction of sp³-hybridized carbons (Fsp3) is 0.435. The molecule has 0 unspecified atom stereocenters. The van der Waals surface area contributed by atoms with E-state index in [1.165, 1.54) is 11.1 Å². The molecule has 0 aromatic heterocycles. The molecule has 1 aliphatic rings. The fourth-order valence-corrected chi connectivity index (χ4v) is 3.15. The summed E-state index contributed by atoms with van der Waals surface area (Å²) in [5, 5.41) is 6.72. The van der Waals surface area contributed by atoms with Crippen LogP contribution in [0, 0.1) is 6.92 Å². The third-order valence-electron chi connectivity index (χ3n) is 4.79. The molecule has 0 bridgehead atoms. The number of nitrogens with zero attached hydrogens (tertiary/aromatic N) is 1. The maximum atomic E-state index is 5.96. The summed E-state index contributed by atoms with van der Waals surface area (Å²) in [7, 11) is 3.47. The highest BCUT2D eigenvalue weighted by Crippen LogP contribution is 2.32. The van der Waals surface area contributed by atoms with Gasteiger partial charge in [0.25, 0.3) is 0 Å². The molecule has 7 nitrogen and oxygen atoms in total. The summed E-state index contributed by atoms with van der Waals surface area (Å²) in [6, 6.07) is 12.3. The zero-order valence-corrected chi connectivity index (χ0v) is 18.0. The summed E-state index contributed by atoms with van der Waals surface area (Å²) in [6.45, 7) is 5.07. The second-order valence-electron chi connectivity index (χ2n) is 7.10. The molecule has 0 atom stereocenters. The predicted octanol–water partition coefficient (Wildman–Crippen LogP) is 3.05. The predicted molar refractivity (Wildman–Crippen MR) is 118 cm³/mol. The van der Waals surface area contributed by atoms with Gasteiger partial charge < -0.3 is 29.6 Å². The number of ether oxygens (including phenoxy) is 4. The average Bonchev–Trinajstić information content (AvgIpc) is 3.22. The van der Waals surface area contributed by atoms with E-state index >= 15 is 0 Å². The molecule has 0 saturated carbocycles. The highest BCUT2D eigenvalue weighted by Gasteiger charge is 2.13. The molecule has 2 aromatic rings. The molecular formula is C23H31N3O4. The molecule has 0 radical (unpaired) electrons. The van der Waals surface area contributed by atoms with E-state index < -0.39 is 0 Å². The van der Waals surface area contributed by atoms with Crippen molar-refractivity contribution >= 4 is 5.96 Å². The van der Waals surface area contributed by atoms with Crippen molar-refractivity contribution in [3.8, 4) is 17.2 Å². The SMILES string of the molecule is CN=C(NCCc1ccc2c(c1)OCO2)NCc1ccc(C)cc1OCCCOC. The molecule has 1 heterocycles. The Morgan fingerprint density at radius 2 is 1.93 bits per heavy atom. The largest absolute Gasteiger partial charge is 0.493 e. The van der Waals surface area contributed by atoms with Gasteiger partial charge in [0.05, 0.1) is 6.61 Å². The molecule has 7 heteroatoms. The number of benzene rings is 2. The van der Waals surface area contributed by atoms with E-state index in [9.17, 15) is 0 Å². The Morgan fingerprint density at radius 3 is 2.77 bits per heavy atom. The second kappa shape index (κ2) is 11.3. The minimum atomic E-state index is 0.296. The van der Waals surface area contributed by atoms with Gasteiger partial charge in [0.2, 0.25) is 6.79 Å². The van der Waals surface area contributed by atoms with Crippen molar-refractivity contribution in [2.45, 2.75) is 26.3 Å². The van der Waals surface area contributed by atoms with Gasteiger partial charge in [0.15, 0.2) is 17.5 Å². The number of hydrogen-bond acceptors (Lipinski definition) is 5. The number of rotatable bonds is 10. The van der Waals surface area contributed by atoms with Gasteiger partial charge in [0.1, 0.15) is 5.75 Å². The minimum absolute atomic E-state index is 0.296. The zero-order chi connectivity index (χ0) is 21.2. The lowest BCUT2D eigenvalue weighted by molar-refractivity contribution is 0.171. The van der Waals surface area contributed by atoms with Crippen LogP contribution >= 0.6 is 0 Å². The van der Waals surface area contributed by atoms with Crippen LogP contribution in [-0.2, 0) is 17.7 Å². The molecular weight excluding hydrogens is 382 g/mol. The van der Waals surface area contributed by atoms with E-state index in [2.05, 4.69) is 46.8 Å². The van der Waals surface area contributed by atoms with Gasteiger partial charge in [-0.2, -0.15) is 0 Å². The van der Waals surface area contributed by atoms with Crippen LogP contribution in [0.1, 0.15) is 23.1 Å². The fourth-order valence-electron chi connectivity index (χ4n) is 3.15. The molecule has 0 aliphatic carbocycles. The highest BCUT2D eigenvalue weighted by atomic mass is 16.7. The molecule has 0 spiro atoms. The molecule has 0 fully saturated rings. The first-order valence-electron chi connectivity index (χ1n) is 10.2. The number of aliphatic imine (C=N–C) groups is 1. The zero-order valence-electron chi connectivity index (χ0n) is 18.0. The van der Waals surface area contributed by atoms with Crippen molar-refractivity contribution in [2.24, 2.45) is 4.99 Å². The molecule has 0 saturated heterocycles. The van der Waals surface area contributed by atoms with Crippen LogP contribution < -0.4 is 24.8 Å². The molecule has 162 valence electrons. The highest BCUT2D eigenvalue weighted by molar-refractivity contribution is 5.79. The molecule has 30 heavy (non-hydrogen) atoms. The quantitative estimate of drug-likeness (QED) is 0.354. The van der Waals surface area contributed by atoms with Crippen LogP contribution in [-0.4, -0.2) is 46.7 Å². The Morgan fingerprint density at radius 1 is 1.07 bits per heavy atom. The Kier molecular flexibility index (Phi) is 8.20. The van der Waals surface area contributed by atoms with E-state index in [0.717, 1.165) is 48.2 Å². The first kappa shape index (κ1) is 21.8. The molecule has 0 amide bonds. The van der Waals surface area contributed by atoms with Gasteiger partial charge in [-0.05, 0) is 42.7 Å². The van der Waals surface area contributed by atoms with Crippen LogP contribution in [0.4, 0.5) is 0 Å². The number of aryl methyl sites for hydroxylation is 1. The lowest BCUT2D eigenvalue weighted by atomic mass is 10.1. The van der Waals surface area contributed by atoms with Gasteiger partial charge in [0, 0.05) is 45.8 Å². The van der Waals surface area contributed by atoms with Crippen molar-refractivity contribution in [1.82, 2.24) is 10.6 Å². The first-order valence-corrected chi connectivity index (χ1v) is 10.2. The maximum absolute atomic E-state index is 5.96. The topological polar surface area (TPSA) is 73.3 Å². The van der Waals surface area contributed by atoms with Crippen LogP contribution in [0.25, 0.3) is 0 Å². The van der Waals surface area contributed by atoms with Crippen molar-refractivity contribution in [3.63, 3.8) is 0 Å². The van der Waals surface area contributed by atoms with Crippen LogP contribution in [0.15, 0.2) is 41.4 Å². The number of methoxy groups -OCH3 is 1. The molecule has 2 aromatic carbocycles. The Bertz CT molecular complexity index is 854. The maximum Gasteiger partial charge on any atom is 0.231 e. The number of guanidine groups is 1. The van der Waals surface area contributed by atoms with Crippen molar-refractivity contribution in [2.75, 3.05) is 40.7 Å². The van der Waals surface area contributed by atoms with Crippen molar-refractivity contribution < 1.29 is 18.9 Å². The van der Waals surface area contributed by atoms with Gasteiger partial charge in [-0.15, -0.1) is 0 Å². The van der Waals surface area contributed by atoms with Crippen LogP contribution in [0.3, 0.4) is 0 Å². The van der Waals surface area contributed by atoms with Crippen molar-refractivity contribution in [3.05, 3.63) is 53.1 Å². The average molecular weight is 414 g/mol. The van der Waals surface area contributed by atoms with Crippen LogP contribution in [0.2, 0.25) is 0 Å². The lowest BCUT2D eigenvalue weighted by Gasteiger charge is -2.15. The Balaban J connectivity index is 1.48. The smallest absolute Gasteiger partial charge is 0.231 e. The summed E-state index contributed by atoms with van der Waals surface area (Å²) in [5.41, 5.74) is 3.45. The minimum Gasteiger partial charge on any atom is -0.493 e. The standard InChI is InChI=1S/C23H31N3O4/c1-17-5-7-19(21(13-17)28-12-4-11-27-3)15-26-23(24-2)25-10-9-18-6-8-20-22(14-18)30-16-29-20/h5-8,13-14H,4,9-12,15-16H2,1-3H3,(H2,24,25,26). The number of fused-ring (bicyclic) bond motifs is 1. The third-order valence-corrected chi connectivity index (χ3v) is 4.79. The van der Waals surface area contributed by atoms with E-state index in [4.69, 9.17) is 18.9 Å². The molecule has 1 aliphatic heterocycles. The summed E-state index contributed by atoms with van der Waals surface area (Å²) in [5.74, 6) is 3.27. The first-order chi connectivity index (χ1) is 14.7. The monoisotopic (exact) mass is 413 g/mol. The van der Waals surface area contributed by atoms with E-state index in [0.29, 0.717) is 26.6 Å². The Labute approximate surface area is 178 Å². The van der Waals surface area contributed by atoms with Gasteiger partial charge in [-0.1, -0.05) is 18.2 Å². The molecule has 2 N–H and O–H groups in total. The van der Waals surface area contributed by atoms with E-state index in [1.54, 1.807) is 14.2 Å². The van der Waals surface area contributed by atoms with Crippen LogP contribution in [0.5, 0.6) is 17.2 Å². The summed E-state index contributed by atoms with van der Waals surface area (Å²) >= 11 is 0. The Hall–Kier alpha value is -2.93. The normalized spacial score (nSPS) is 12.7. The third kappa shape index (κ3) is 6.29. The second-order valence-corrected chi connectivity index (χ2v) is 7.10. The van der Waals surface area contributed by atoms with Gasteiger partial charge in [-0.3, -0.25) is 4.99 Å². The summed E-state index contributed by atoms with van der Waals surface area (Å²) in [6.07, 6.45) is 1.72. The van der Waals surface area contributed by atoms with E-state index in [1.807, 2.05) is 12.1 Å². The van der Waals surface area contributed by atoms with Gasteiger partial charge >= 0.3 is 0 Å². The molecule has 3 rings (SSSR count). The van der Waals surface area contributed by atoms with Crippen molar-refractivity contribution in [1.29, 1.82) is 0 Å². The lowest BCUT2D eigenvalue weighted by Crippen LogP contribution is -2.37.